The first-order valence-corrected chi connectivity index (χ1v) is 6.02. The number of rotatable bonds is 3. The minimum Gasteiger partial charge on any atom is -0.357 e. The first-order valence-electron chi connectivity index (χ1n) is 5.23. The fraction of sp³-hybridized carbons (Fsp3) is 0.167. The highest BCUT2D eigenvalue weighted by atomic mass is 79.9. The highest BCUT2D eigenvalue weighted by Crippen LogP contribution is 2.24. The maximum Gasteiger partial charge on any atom is 0.224 e. The Hall–Kier alpha value is -1.62. The summed E-state index contributed by atoms with van der Waals surface area (Å²) in [7, 11) is 1.79. The Kier molecular flexibility index (Phi) is 3.58. The summed E-state index contributed by atoms with van der Waals surface area (Å²) < 4.78 is 0.831. The number of anilines is 3. The Balaban J connectivity index is 2.25. The number of halogens is 1. The van der Waals surface area contributed by atoms with Gasteiger partial charge in [0.2, 0.25) is 5.95 Å². The van der Waals surface area contributed by atoms with Gasteiger partial charge < -0.3 is 10.6 Å². The number of nitrogens with zero attached hydrogens (tertiary/aromatic N) is 2. The third-order valence-corrected chi connectivity index (χ3v) is 2.86. The highest BCUT2D eigenvalue weighted by Gasteiger charge is 2.04. The molecule has 0 saturated heterocycles. The predicted octanol–water partition coefficient (Wildman–Crippen LogP) is 3.33. The van der Waals surface area contributed by atoms with Crippen LogP contribution in [0.3, 0.4) is 0 Å². The molecule has 0 aliphatic rings. The van der Waals surface area contributed by atoms with Crippen LogP contribution in [0.15, 0.2) is 34.9 Å². The zero-order chi connectivity index (χ0) is 12.3. The predicted molar refractivity (Wildman–Crippen MR) is 73.7 cm³/mol. The minimum absolute atomic E-state index is 0.586. The van der Waals surface area contributed by atoms with Crippen molar-refractivity contribution in [2.75, 3.05) is 17.7 Å². The molecule has 2 aromatic rings. The summed E-state index contributed by atoms with van der Waals surface area (Å²) in [6.07, 6.45) is 1.72. The molecule has 1 aromatic heterocycles. The van der Waals surface area contributed by atoms with Crippen molar-refractivity contribution >= 4 is 33.4 Å². The molecule has 0 amide bonds. The maximum absolute atomic E-state index is 4.33. The number of hydrogen-bond acceptors (Lipinski definition) is 4. The van der Waals surface area contributed by atoms with E-state index in [1.54, 1.807) is 13.2 Å². The molecule has 88 valence electrons. The van der Waals surface area contributed by atoms with Gasteiger partial charge >= 0.3 is 0 Å². The van der Waals surface area contributed by atoms with E-state index in [9.17, 15) is 0 Å². The zero-order valence-corrected chi connectivity index (χ0v) is 11.2. The van der Waals surface area contributed by atoms with Crippen molar-refractivity contribution in [3.63, 3.8) is 0 Å². The van der Waals surface area contributed by atoms with E-state index >= 15 is 0 Å². The number of nitrogens with one attached hydrogen (secondary N) is 2. The largest absolute Gasteiger partial charge is 0.357 e. The van der Waals surface area contributed by atoms with Crippen LogP contribution in [0.4, 0.5) is 17.5 Å². The Morgan fingerprint density at radius 3 is 2.53 bits per heavy atom. The molecular formula is C12H13BrN4. The molecular weight excluding hydrogens is 280 g/mol. The van der Waals surface area contributed by atoms with E-state index in [-0.39, 0.29) is 0 Å². The van der Waals surface area contributed by atoms with Crippen LogP contribution >= 0.6 is 15.9 Å². The molecule has 2 rings (SSSR count). The average Bonchev–Trinajstić information content (AvgIpc) is 2.35. The van der Waals surface area contributed by atoms with Crippen LogP contribution in [0.2, 0.25) is 0 Å². The van der Waals surface area contributed by atoms with E-state index in [0.717, 1.165) is 16.0 Å². The number of hydrogen-bond donors (Lipinski definition) is 2. The van der Waals surface area contributed by atoms with E-state index in [0.29, 0.717) is 5.95 Å². The smallest absolute Gasteiger partial charge is 0.224 e. The van der Waals surface area contributed by atoms with Gasteiger partial charge in [-0.1, -0.05) is 17.7 Å². The molecule has 0 saturated carbocycles. The molecule has 0 radical (unpaired) electrons. The second kappa shape index (κ2) is 5.14. The molecule has 0 bridgehead atoms. The normalized spacial score (nSPS) is 10.1. The molecule has 1 heterocycles. The number of aromatic nitrogens is 2. The minimum atomic E-state index is 0.586. The molecule has 0 aliphatic carbocycles. The summed E-state index contributed by atoms with van der Waals surface area (Å²) in [5.41, 5.74) is 2.23. The van der Waals surface area contributed by atoms with Gasteiger partial charge in [-0.25, -0.2) is 4.98 Å². The van der Waals surface area contributed by atoms with E-state index in [4.69, 9.17) is 0 Å². The van der Waals surface area contributed by atoms with Gasteiger partial charge in [-0.2, -0.15) is 4.98 Å². The van der Waals surface area contributed by atoms with Crippen LogP contribution in [0, 0.1) is 6.92 Å². The van der Waals surface area contributed by atoms with Crippen LogP contribution in [-0.4, -0.2) is 17.0 Å². The van der Waals surface area contributed by atoms with Gasteiger partial charge in [-0.3, -0.25) is 0 Å². The van der Waals surface area contributed by atoms with Gasteiger partial charge in [0.1, 0.15) is 5.82 Å². The van der Waals surface area contributed by atoms with Crippen LogP contribution in [0.25, 0.3) is 0 Å². The van der Waals surface area contributed by atoms with E-state index in [1.807, 2.05) is 12.1 Å². The van der Waals surface area contributed by atoms with E-state index < -0.39 is 0 Å². The Labute approximate surface area is 109 Å². The van der Waals surface area contributed by atoms with Crippen LogP contribution in [0.5, 0.6) is 0 Å². The van der Waals surface area contributed by atoms with Crippen LogP contribution in [-0.2, 0) is 0 Å². The average molecular weight is 293 g/mol. The van der Waals surface area contributed by atoms with Crippen molar-refractivity contribution in [3.8, 4) is 0 Å². The molecule has 5 heteroatoms. The van der Waals surface area contributed by atoms with Crippen molar-refractivity contribution in [2.45, 2.75) is 6.92 Å². The molecule has 2 N–H and O–H groups in total. The molecule has 1 aromatic carbocycles. The third-order valence-electron chi connectivity index (χ3n) is 2.28. The second-order valence-electron chi connectivity index (χ2n) is 3.63. The summed E-state index contributed by atoms with van der Waals surface area (Å²) in [4.78, 5) is 8.43. The van der Waals surface area contributed by atoms with Gasteiger partial charge in [-0.15, -0.1) is 0 Å². The molecule has 0 spiro atoms. The van der Waals surface area contributed by atoms with Gasteiger partial charge in [0.05, 0.1) is 4.47 Å². The van der Waals surface area contributed by atoms with Crippen molar-refractivity contribution in [2.24, 2.45) is 0 Å². The zero-order valence-electron chi connectivity index (χ0n) is 9.66. The monoisotopic (exact) mass is 292 g/mol. The van der Waals surface area contributed by atoms with Gasteiger partial charge in [0.25, 0.3) is 0 Å². The fourth-order valence-corrected chi connectivity index (χ4v) is 1.64. The number of benzene rings is 1. The maximum atomic E-state index is 4.33. The summed E-state index contributed by atoms with van der Waals surface area (Å²) >= 11 is 3.42. The van der Waals surface area contributed by atoms with E-state index in [2.05, 4.69) is 55.6 Å². The summed E-state index contributed by atoms with van der Waals surface area (Å²) in [6, 6.07) is 8.14. The summed E-state index contributed by atoms with van der Waals surface area (Å²) in [5.74, 6) is 1.33. The summed E-state index contributed by atoms with van der Waals surface area (Å²) in [5, 5.41) is 6.14. The molecule has 0 aliphatic heterocycles. The number of aryl methyl sites for hydroxylation is 1. The standard InChI is InChI=1S/C12H13BrN4/c1-8-3-5-9(6-4-8)16-11-10(13)7-15-12(14-2)17-11/h3-7H,1-2H3,(H2,14,15,16,17). The first kappa shape index (κ1) is 11.9. The van der Waals surface area contributed by atoms with Crippen molar-refractivity contribution in [1.29, 1.82) is 0 Å². The quantitative estimate of drug-likeness (QED) is 0.911. The van der Waals surface area contributed by atoms with Crippen LogP contribution < -0.4 is 10.6 Å². The third kappa shape index (κ3) is 2.94. The Morgan fingerprint density at radius 2 is 1.88 bits per heavy atom. The highest BCUT2D eigenvalue weighted by molar-refractivity contribution is 9.10. The lowest BCUT2D eigenvalue weighted by Gasteiger charge is -2.08. The summed E-state index contributed by atoms with van der Waals surface area (Å²) in [6.45, 7) is 2.06. The van der Waals surface area contributed by atoms with Gasteiger partial charge in [-0.05, 0) is 35.0 Å². The molecule has 4 nitrogen and oxygen atoms in total. The fourth-order valence-electron chi connectivity index (χ4n) is 1.35. The molecule has 0 unspecified atom stereocenters. The Bertz CT molecular complexity index is 510. The lowest BCUT2D eigenvalue weighted by atomic mass is 10.2. The van der Waals surface area contributed by atoms with Crippen LogP contribution in [0.1, 0.15) is 5.56 Å². The van der Waals surface area contributed by atoms with Crippen molar-refractivity contribution in [1.82, 2.24) is 9.97 Å². The SMILES string of the molecule is CNc1ncc(Br)c(Nc2ccc(C)cc2)n1. The van der Waals surface area contributed by atoms with Gasteiger partial charge in [0.15, 0.2) is 0 Å². The Morgan fingerprint density at radius 1 is 1.18 bits per heavy atom. The van der Waals surface area contributed by atoms with Gasteiger partial charge in [0, 0.05) is 18.9 Å². The first-order chi connectivity index (χ1) is 8.19. The van der Waals surface area contributed by atoms with Crippen molar-refractivity contribution in [3.05, 3.63) is 40.5 Å². The molecule has 0 atom stereocenters. The lowest BCUT2D eigenvalue weighted by molar-refractivity contribution is 1.14. The topological polar surface area (TPSA) is 49.8 Å². The van der Waals surface area contributed by atoms with Crippen molar-refractivity contribution < 1.29 is 0 Å². The lowest BCUT2D eigenvalue weighted by Crippen LogP contribution is -2.01. The molecule has 0 fully saturated rings. The molecule has 17 heavy (non-hydrogen) atoms. The second-order valence-corrected chi connectivity index (χ2v) is 4.49. The van der Waals surface area contributed by atoms with E-state index in [1.165, 1.54) is 5.56 Å².